The zero-order valence-electron chi connectivity index (χ0n) is 7.43. The smallest absolute Gasteiger partial charge is 0.287 e. The summed E-state index contributed by atoms with van der Waals surface area (Å²) in [5.74, 6) is -0.655. The van der Waals surface area contributed by atoms with E-state index in [0.29, 0.717) is 0 Å². The molecule has 68 valence electrons. The Hall–Kier alpha value is -0.860. The normalized spacial score (nSPS) is 18.8. The second-order valence-electron chi connectivity index (χ2n) is 3.28. The maximum atomic E-state index is 11.3. The lowest BCUT2D eigenvalue weighted by Gasteiger charge is -2.18. The highest BCUT2D eigenvalue weighted by atomic mass is 16.2. The summed E-state index contributed by atoms with van der Waals surface area (Å²) in [6, 6.07) is 0. The first-order valence-corrected chi connectivity index (χ1v) is 4.51. The van der Waals surface area contributed by atoms with Gasteiger partial charge in [-0.25, -0.2) is 0 Å². The number of ketones is 1. The minimum Gasteiger partial charge on any atom is -0.353 e. The van der Waals surface area contributed by atoms with Gasteiger partial charge in [-0.15, -0.1) is 0 Å². The third kappa shape index (κ3) is 2.06. The summed E-state index contributed by atoms with van der Waals surface area (Å²) >= 11 is 0. The minimum absolute atomic E-state index is 0.00120. The standard InChI is InChI=1S/C9H15NO2/c1-10-9(12)8(11)7-5-3-2-4-6-7/h7H,2-6H2,1H3,(H,10,12). The highest BCUT2D eigenvalue weighted by molar-refractivity contribution is 6.36. The third-order valence-electron chi connectivity index (χ3n) is 2.43. The van der Waals surface area contributed by atoms with Crippen molar-refractivity contribution in [2.24, 2.45) is 5.92 Å². The van der Waals surface area contributed by atoms with Gasteiger partial charge in [-0.3, -0.25) is 9.59 Å². The van der Waals surface area contributed by atoms with Crippen LogP contribution < -0.4 is 5.32 Å². The second-order valence-corrected chi connectivity index (χ2v) is 3.28. The molecule has 0 unspecified atom stereocenters. The van der Waals surface area contributed by atoms with E-state index in [1.807, 2.05) is 0 Å². The minimum atomic E-state index is -0.429. The van der Waals surface area contributed by atoms with E-state index < -0.39 is 5.91 Å². The van der Waals surface area contributed by atoms with Gasteiger partial charge in [0.05, 0.1) is 0 Å². The van der Waals surface area contributed by atoms with Crippen molar-refractivity contribution in [2.75, 3.05) is 7.05 Å². The van der Waals surface area contributed by atoms with Crippen LogP contribution in [-0.2, 0) is 9.59 Å². The van der Waals surface area contributed by atoms with Crippen molar-refractivity contribution in [1.82, 2.24) is 5.32 Å². The quantitative estimate of drug-likeness (QED) is 0.624. The molecule has 0 heterocycles. The molecule has 0 aromatic carbocycles. The SMILES string of the molecule is CNC(=O)C(=O)C1CCCCC1. The summed E-state index contributed by atoms with van der Waals surface area (Å²) in [6.07, 6.45) is 5.18. The zero-order valence-corrected chi connectivity index (χ0v) is 7.43. The summed E-state index contributed by atoms with van der Waals surface area (Å²) in [5.41, 5.74) is 0. The first-order valence-electron chi connectivity index (χ1n) is 4.51. The summed E-state index contributed by atoms with van der Waals surface area (Å²) in [6.45, 7) is 0. The van der Waals surface area contributed by atoms with Crippen LogP contribution in [0.2, 0.25) is 0 Å². The van der Waals surface area contributed by atoms with Gasteiger partial charge >= 0.3 is 0 Å². The van der Waals surface area contributed by atoms with Crippen LogP contribution in [0.15, 0.2) is 0 Å². The first-order chi connectivity index (χ1) is 5.75. The van der Waals surface area contributed by atoms with Crippen LogP contribution in [-0.4, -0.2) is 18.7 Å². The molecule has 0 saturated heterocycles. The molecule has 1 rings (SSSR count). The van der Waals surface area contributed by atoms with E-state index in [-0.39, 0.29) is 11.7 Å². The Morgan fingerprint density at radius 1 is 1.17 bits per heavy atom. The molecule has 0 radical (unpaired) electrons. The summed E-state index contributed by atoms with van der Waals surface area (Å²) in [4.78, 5) is 22.3. The lowest BCUT2D eigenvalue weighted by atomic mass is 9.86. The molecule has 1 aliphatic carbocycles. The largest absolute Gasteiger partial charge is 0.353 e. The van der Waals surface area contributed by atoms with Gasteiger partial charge in [-0.2, -0.15) is 0 Å². The Balaban J connectivity index is 2.45. The van der Waals surface area contributed by atoms with E-state index in [0.717, 1.165) is 25.7 Å². The number of carbonyl (C=O) groups excluding carboxylic acids is 2. The van der Waals surface area contributed by atoms with Gasteiger partial charge in [-0.1, -0.05) is 19.3 Å². The maximum Gasteiger partial charge on any atom is 0.287 e. The molecule has 1 amide bonds. The summed E-state index contributed by atoms with van der Waals surface area (Å²) in [5, 5.41) is 2.37. The van der Waals surface area contributed by atoms with Crippen molar-refractivity contribution < 1.29 is 9.59 Å². The number of rotatable bonds is 2. The number of hydrogen-bond donors (Lipinski definition) is 1. The van der Waals surface area contributed by atoms with Gasteiger partial charge in [0.1, 0.15) is 0 Å². The van der Waals surface area contributed by atoms with Crippen LogP contribution in [0.25, 0.3) is 0 Å². The molecule has 3 heteroatoms. The molecular weight excluding hydrogens is 154 g/mol. The Bertz CT molecular complexity index is 183. The fourth-order valence-electron chi connectivity index (χ4n) is 1.67. The van der Waals surface area contributed by atoms with Crippen LogP contribution in [0.3, 0.4) is 0 Å². The molecule has 3 nitrogen and oxygen atoms in total. The zero-order chi connectivity index (χ0) is 8.97. The highest BCUT2D eigenvalue weighted by Crippen LogP contribution is 2.24. The summed E-state index contributed by atoms with van der Waals surface area (Å²) in [7, 11) is 1.50. The topological polar surface area (TPSA) is 46.2 Å². The number of amides is 1. The number of Topliss-reactive ketones (excluding diaryl/α,β-unsaturated/α-hetero) is 1. The van der Waals surface area contributed by atoms with Crippen LogP contribution in [0, 0.1) is 5.92 Å². The predicted octanol–water partition coefficient (Wildman–Crippen LogP) is 0.882. The molecule has 1 saturated carbocycles. The molecule has 0 spiro atoms. The molecule has 1 aliphatic rings. The first kappa shape index (κ1) is 9.23. The number of hydrogen-bond acceptors (Lipinski definition) is 2. The maximum absolute atomic E-state index is 11.3. The lowest BCUT2D eigenvalue weighted by molar-refractivity contribution is -0.140. The predicted molar refractivity (Wildman–Crippen MR) is 45.6 cm³/mol. The molecule has 0 bridgehead atoms. The average Bonchev–Trinajstić information content (AvgIpc) is 2.17. The molecule has 0 atom stereocenters. The van der Waals surface area contributed by atoms with Gasteiger partial charge in [0.25, 0.3) is 5.91 Å². The summed E-state index contributed by atoms with van der Waals surface area (Å²) < 4.78 is 0. The van der Waals surface area contributed by atoms with Crippen LogP contribution in [0.1, 0.15) is 32.1 Å². The van der Waals surface area contributed by atoms with Gasteiger partial charge in [0.2, 0.25) is 5.78 Å². The third-order valence-corrected chi connectivity index (χ3v) is 2.43. The van der Waals surface area contributed by atoms with Crippen LogP contribution >= 0.6 is 0 Å². The fraction of sp³-hybridized carbons (Fsp3) is 0.778. The Morgan fingerprint density at radius 3 is 2.25 bits per heavy atom. The monoisotopic (exact) mass is 169 g/mol. The average molecular weight is 169 g/mol. The van der Waals surface area contributed by atoms with E-state index in [2.05, 4.69) is 5.32 Å². The van der Waals surface area contributed by atoms with Crippen molar-refractivity contribution in [3.05, 3.63) is 0 Å². The van der Waals surface area contributed by atoms with Gasteiger partial charge < -0.3 is 5.32 Å². The van der Waals surface area contributed by atoms with Gasteiger partial charge in [-0.05, 0) is 12.8 Å². The lowest BCUT2D eigenvalue weighted by Crippen LogP contribution is -2.33. The van der Waals surface area contributed by atoms with Crippen molar-refractivity contribution >= 4 is 11.7 Å². The molecule has 12 heavy (non-hydrogen) atoms. The van der Waals surface area contributed by atoms with E-state index in [1.165, 1.54) is 13.5 Å². The fourth-order valence-corrected chi connectivity index (χ4v) is 1.67. The van der Waals surface area contributed by atoms with E-state index >= 15 is 0 Å². The van der Waals surface area contributed by atoms with Crippen molar-refractivity contribution in [2.45, 2.75) is 32.1 Å². The van der Waals surface area contributed by atoms with Crippen LogP contribution in [0.5, 0.6) is 0 Å². The molecule has 1 fully saturated rings. The number of carbonyl (C=O) groups is 2. The molecule has 0 aliphatic heterocycles. The molecule has 0 aromatic rings. The van der Waals surface area contributed by atoms with Crippen LogP contribution in [0.4, 0.5) is 0 Å². The molecular formula is C9H15NO2. The van der Waals surface area contributed by atoms with E-state index in [9.17, 15) is 9.59 Å². The number of nitrogens with one attached hydrogen (secondary N) is 1. The van der Waals surface area contributed by atoms with Crippen molar-refractivity contribution in [3.8, 4) is 0 Å². The van der Waals surface area contributed by atoms with E-state index in [4.69, 9.17) is 0 Å². The van der Waals surface area contributed by atoms with Crippen molar-refractivity contribution in [3.63, 3.8) is 0 Å². The number of likely N-dealkylation sites (N-methyl/N-ethyl adjacent to an activating group) is 1. The highest BCUT2D eigenvalue weighted by Gasteiger charge is 2.25. The Morgan fingerprint density at radius 2 is 1.75 bits per heavy atom. The van der Waals surface area contributed by atoms with Gasteiger partial charge in [0, 0.05) is 13.0 Å². The van der Waals surface area contributed by atoms with Gasteiger partial charge in [0.15, 0.2) is 0 Å². The van der Waals surface area contributed by atoms with Crippen molar-refractivity contribution in [1.29, 1.82) is 0 Å². The molecule has 1 N–H and O–H groups in total. The Kier molecular flexibility index (Phi) is 3.26. The Labute approximate surface area is 72.5 Å². The molecule has 0 aromatic heterocycles. The second kappa shape index (κ2) is 4.24. The van der Waals surface area contributed by atoms with E-state index in [1.54, 1.807) is 0 Å².